The Hall–Kier alpha value is -1.72. The maximum absolute atomic E-state index is 13.1. The van der Waals surface area contributed by atoms with E-state index in [-0.39, 0.29) is 45.0 Å². The molecule has 2 amide bonds. The van der Waals surface area contributed by atoms with Gasteiger partial charge in [-0.3, -0.25) is 19.2 Å². The van der Waals surface area contributed by atoms with E-state index in [9.17, 15) is 19.2 Å². The van der Waals surface area contributed by atoms with Gasteiger partial charge in [-0.2, -0.15) is 0 Å². The van der Waals surface area contributed by atoms with Crippen LogP contribution in [0.2, 0.25) is 0 Å². The highest BCUT2D eigenvalue weighted by molar-refractivity contribution is 6.00. The quantitative estimate of drug-likeness (QED) is 0.488. The molecule has 0 aliphatic heterocycles. The number of ketones is 2. The third-order valence-corrected chi connectivity index (χ3v) is 12.0. The number of hydrogen-bond donors (Lipinski definition) is 2. The second-order valence-electron chi connectivity index (χ2n) is 13.2. The zero-order chi connectivity index (χ0) is 25.2. The van der Waals surface area contributed by atoms with Gasteiger partial charge in [0.05, 0.1) is 10.8 Å². The Morgan fingerprint density at radius 3 is 1.24 bits per heavy atom. The van der Waals surface area contributed by atoms with Crippen molar-refractivity contribution in [3.63, 3.8) is 0 Å². The number of carbonyl (C=O) groups excluding carboxylic acids is 4. The first-order chi connectivity index (χ1) is 15.7. The molecular weight excluding hydrogens is 428 g/mol. The highest BCUT2D eigenvalue weighted by Crippen LogP contribution is 2.71. The number of hydrogen-bond acceptors (Lipinski definition) is 4. The fourth-order valence-electron chi connectivity index (χ4n) is 8.07. The van der Waals surface area contributed by atoms with Crippen LogP contribution < -0.4 is 10.6 Å². The van der Waals surface area contributed by atoms with Crippen LogP contribution >= 0.6 is 0 Å². The van der Waals surface area contributed by atoms with Crippen molar-refractivity contribution in [2.45, 2.75) is 106 Å². The molecule has 34 heavy (non-hydrogen) atoms. The Labute approximate surface area is 204 Å². The molecule has 4 aliphatic rings. The maximum Gasteiger partial charge on any atom is 0.227 e. The van der Waals surface area contributed by atoms with Gasteiger partial charge in [0.25, 0.3) is 0 Å². The molecule has 4 aliphatic carbocycles. The summed E-state index contributed by atoms with van der Waals surface area (Å²) in [5.74, 6) is 0.591. The molecular formula is C28H44N2O4. The van der Waals surface area contributed by atoms with E-state index in [0.717, 1.165) is 51.4 Å². The molecule has 0 spiro atoms. The van der Waals surface area contributed by atoms with E-state index in [0.29, 0.717) is 25.9 Å². The van der Waals surface area contributed by atoms with E-state index in [1.807, 2.05) is 13.8 Å². The lowest BCUT2D eigenvalue weighted by molar-refractivity contribution is -0.137. The van der Waals surface area contributed by atoms with Crippen LogP contribution in [0, 0.1) is 32.5 Å². The molecule has 0 saturated heterocycles. The number of unbranched alkanes of at least 4 members (excludes halogenated alkanes) is 3. The molecule has 4 saturated carbocycles. The van der Waals surface area contributed by atoms with E-state index in [1.165, 1.54) is 0 Å². The summed E-state index contributed by atoms with van der Waals surface area (Å²) >= 11 is 0. The van der Waals surface area contributed by atoms with Gasteiger partial charge < -0.3 is 10.6 Å². The van der Waals surface area contributed by atoms with Crippen LogP contribution in [0.5, 0.6) is 0 Å². The van der Waals surface area contributed by atoms with Crippen LogP contribution in [-0.2, 0) is 19.2 Å². The summed E-state index contributed by atoms with van der Waals surface area (Å²) in [5.41, 5.74) is -2.43. The minimum atomic E-state index is -0.547. The van der Waals surface area contributed by atoms with Gasteiger partial charge in [-0.1, -0.05) is 54.4 Å². The second-order valence-corrected chi connectivity index (χ2v) is 13.2. The Morgan fingerprint density at radius 2 is 0.971 bits per heavy atom. The van der Waals surface area contributed by atoms with Crippen LogP contribution in [0.15, 0.2) is 0 Å². The van der Waals surface area contributed by atoms with Crippen LogP contribution in [0.25, 0.3) is 0 Å². The van der Waals surface area contributed by atoms with E-state index < -0.39 is 10.8 Å². The van der Waals surface area contributed by atoms with Crippen molar-refractivity contribution in [2.24, 2.45) is 32.5 Å². The fourth-order valence-corrected chi connectivity index (χ4v) is 8.07. The normalized spacial score (nSPS) is 39.0. The van der Waals surface area contributed by atoms with Gasteiger partial charge in [0.15, 0.2) is 0 Å². The van der Waals surface area contributed by atoms with Gasteiger partial charge in [0, 0.05) is 36.8 Å². The lowest BCUT2D eigenvalue weighted by atomic mass is 9.64. The summed E-state index contributed by atoms with van der Waals surface area (Å²) in [7, 11) is 0. The van der Waals surface area contributed by atoms with Crippen molar-refractivity contribution in [1.82, 2.24) is 10.6 Å². The summed E-state index contributed by atoms with van der Waals surface area (Å²) in [6.45, 7) is 13.7. The highest BCUT2D eigenvalue weighted by atomic mass is 16.2. The lowest BCUT2D eigenvalue weighted by Gasteiger charge is -2.38. The average Bonchev–Trinajstić information content (AvgIpc) is 3.23. The van der Waals surface area contributed by atoms with Gasteiger partial charge in [0.2, 0.25) is 11.8 Å². The molecule has 4 rings (SSSR count). The first-order valence-electron chi connectivity index (χ1n) is 13.4. The molecule has 4 fully saturated rings. The summed E-state index contributed by atoms with van der Waals surface area (Å²) in [6.07, 6.45) is 7.74. The SMILES string of the molecule is CC12CCC(C(=O)NCCCCCCNC(=O)C34CCC(C)(C(=O)C3)C4(C)C)(CC1=O)C2(C)C. The van der Waals surface area contributed by atoms with Crippen molar-refractivity contribution in [3.8, 4) is 0 Å². The van der Waals surface area contributed by atoms with E-state index in [4.69, 9.17) is 0 Å². The molecule has 0 radical (unpaired) electrons. The minimum Gasteiger partial charge on any atom is -0.356 e. The number of fused-ring (bicyclic) bond motifs is 4. The smallest absolute Gasteiger partial charge is 0.227 e. The monoisotopic (exact) mass is 472 g/mol. The zero-order valence-electron chi connectivity index (χ0n) is 22.1. The first-order valence-corrected chi connectivity index (χ1v) is 13.4. The Morgan fingerprint density at radius 1 is 0.618 bits per heavy atom. The van der Waals surface area contributed by atoms with Crippen LogP contribution in [0.1, 0.15) is 106 Å². The van der Waals surface area contributed by atoms with E-state index in [2.05, 4.69) is 38.3 Å². The molecule has 2 N–H and O–H groups in total. The number of nitrogens with one attached hydrogen (secondary N) is 2. The Balaban J connectivity index is 1.15. The van der Waals surface area contributed by atoms with Gasteiger partial charge in [-0.25, -0.2) is 0 Å². The minimum absolute atomic E-state index is 0.0517. The van der Waals surface area contributed by atoms with Crippen molar-refractivity contribution >= 4 is 23.4 Å². The summed E-state index contributed by atoms with van der Waals surface area (Å²) < 4.78 is 0. The largest absolute Gasteiger partial charge is 0.356 e. The standard InChI is InChI=1S/C28H44N2O4/c1-23(2)25(5)11-13-27(23,17-19(25)31)21(33)29-15-9-7-8-10-16-30-22(34)28-14-12-26(6,20(32)18-28)24(28,3)4/h7-18H2,1-6H3,(H,29,33)(H,30,34). The topological polar surface area (TPSA) is 92.3 Å². The number of amides is 2. The van der Waals surface area contributed by atoms with E-state index >= 15 is 0 Å². The molecule has 6 nitrogen and oxygen atoms in total. The molecule has 4 unspecified atom stereocenters. The first kappa shape index (κ1) is 25.4. The van der Waals surface area contributed by atoms with Gasteiger partial charge in [-0.15, -0.1) is 0 Å². The zero-order valence-corrected chi connectivity index (χ0v) is 22.1. The maximum atomic E-state index is 13.1. The van der Waals surface area contributed by atoms with Crippen LogP contribution in [0.3, 0.4) is 0 Å². The number of Topliss-reactive ketones (excluding diaryl/α,β-unsaturated/α-hetero) is 2. The van der Waals surface area contributed by atoms with Crippen molar-refractivity contribution in [3.05, 3.63) is 0 Å². The summed E-state index contributed by atoms with van der Waals surface area (Å²) in [5, 5.41) is 6.25. The van der Waals surface area contributed by atoms with Crippen molar-refractivity contribution in [2.75, 3.05) is 13.1 Å². The molecule has 190 valence electrons. The lowest BCUT2D eigenvalue weighted by Crippen LogP contribution is -2.47. The number of rotatable bonds is 9. The van der Waals surface area contributed by atoms with Crippen LogP contribution in [-0.4, -0.2) is 36.5 Å². The predicted octanol–water partition coefficient (Wildman–Crippen LogP) is 4.35. The van der Waals surface area contributed by atoms with Gasteiger partial charge in [-0.05, 0) is 49.4 Å². The van der Waals surface area contributed by atoms with Crippen LogP contribution in [0.4, 0.5) is 0 Å². The highest BCUT2D eigenvalue weighted by Gasteiger charge is 2.73. The molecule has 4 atom stereocenters. The molecule has 6 heteroatoms. The van der Waals surface area contributed by atoms with E-state index in [1.54, 1.807) is 0 Å². The molecule has 0 aromatic carbocycles. The molecule has 0 aromatic rings. The summed E-state index contributed by atoms with van der Waals surface area (Å²) in [4.78, 5) is 51.3. The fraction of sp³-hybridized carbons (Fsp3) is 0.857. The van der Waals surface area contributed by atoms with Crippen molar-refractivity contribution < 1.29 is 19.2 Å². The summed E-state index contributed by atoms with van der Waals surface area (Å²) in [6, 6.07) is 0. The third kappa shape index (κ3) is 2.98. The van der Waals surface area contributed by atoms with Crippen molar-refractivity contribution in [1.29, 1.82) is 0 Å². The Kier molecular flexibility index (Phi) is 5.89. The molecule has 0 aromatic heterocycles. The average molecular weight is 473 g/mol. The van der Waals surface area contributed by atoms with Gasteiger partial charge >= 0.3 is 0 Å². The number of carbonyl (C=O) groups is 4. The third-order valence-electron chi connectivity index (χ3n) is 12.0. The van der Waals surface area contributed by atoms with Gasteiger partial charge in [0.1, 0.15) is 11.6 Å². The molecule has 0 heterocycles. The molecule has 4 bridgehead atoms. The predicted molar refractivity (Wildman–Crippen MR) is 131 cm³/mol. The second kappa shape index (κ2) is 7.89. The Bertz CT molecular complexity index is 849.